The first-order valence-electron chi connectivity index (χ1n) is 15.7. The van der Waals surface area contributed by atoms with Crippen molar-refractivity contribution in [2.45, 2.75) is 77.0 Å². The van der Waals surface area contributed by atoms with Crippen LogP contribution in [0.25, 0.3) is 0 Å². The van der Waals surface area contributed by atoms with Crippen molar-refractivity contribution in [1.29, 1.82) is 0 Å². The zero-order valence-corrected chi connectivity index (χ0v) is 25.8. The van der Waals surface area contributed by atoms with Crippen LogP contribution in [0.3, 0.4) is 0 Å². The van der Waals surface area contributed by atoms with Gasteiger partial charge in [0, 0.05) is 19.5 Å². The molecule has 0 N–H and O–H groups in total. The fourth-order valence-electron chi connectivity index (χ4n) is 5.89. The zero-order chi connectivity index (χ0) is 30.3. The van der Waals surface area contributed by atoms with Gasteiger partial charge in [0.2, 0.25) is 0 Å². The van der Waals surface area contributed by atoms with Crippen LogP contribution < -0.4 is 0 Å². The van der Waals surface area contributed by atoms with Crippen LogP contribution in [0.1, 0.15) is 90.1 Å². The summed E-state index contributed by atoms with van der Waals surface area (Å²) in [6.45, 7) is 2.73. The Labute approximate surface area is 257 Å². The Bertz CT molecular complexity index is 1240. The molecule has 230 valence electrons. The van der Waals surface area contributed by atoms with Crippen LogP contribution in [-0.4, -0.2) is 44.1 Å². The number of benzene rings is 3. The number of rotatable bonds is 17. The number of ether oxygens (including phenoxy) is 3. The first-order chi connectivity index (χ1) is 21.0. The Hall–Kier alpha value is -3.48. The Kier molecular flexibility index (Phi) is 13.3. The monoisotopic (exact) mass is 585 g/mol. The molecule has 4 rings (SSSR count). The summed E-state index contributed by atoms with van der Waals surface area (Å²) in [6, 6.07) is 26.9. The second kappa shape index (κ2) is 17.6. The van der Waals surface area contributed by atoms with E-state index in [4.69, 9.17) is 14.2 Å². The van der Waals surface area contributed by atoms with Crippen LogP contribution in [0.5, 0.6) is 0 Å². The number of methoxy groups -OCH3 is 2. The maximum atomic E-state index is 11.9. The average molecular weight is 586 g/mol. The number of carbonyl (C=O) groups is 2. The summed E-state index contributed by atoms with van der Waals surface area (Å²) in [5, 5.41) is 0. The van der Waals surface area contributed by atoms with Gasteiger partial charge >= 0.3 is 11.9 Å². The standard InChI is InChI=1S/C37H47NO5/c1-41-36(39)14-8-9-25-38(26-31-21-23-34(24-22-31)37(40)42-2)27-35(33-12-4-3-5-13-33)43-28-32-19-17-30(18-20-32)16-15-29-10-6-7-11-29/h3-5,12-13,17-24,29,35H,6-11,14-16,25-28H2,1-2H3. The average Bonchev–Trinajstić information content (AvgIpc) is 3.58. The van der Waals surface area contributed by atoms with E-state index in [0.29, 0.717) is 31.7 Å². The molecular formula is C37H47NO5. The number of aryl methyl sites for hydroxylation is 1. The van der Waals surface area contributed by atoms with Crippen molar-refractivity contribution in [3.8, 4) is 0 Å². The molecule has 0 saturated heterocycles. The molecule has 6 nitrogen and oxygen atoms in total. The predicted molar refractivity (Wildman–Crippen MR) is 170 cm³/mol. The quantitative estimate of drug-likeness (QED) is 0.119. The highest BCUT2D eigenvalue weighted by molar-refractivity contribution is 5.89. The highest BCUT2D eigenvalue weighted by atomic mass is 16.5. The zero-order valence-electron chi connectivity index (χ0n) is 25.8. The lowest BCUT2D eigenvalue weighted by Gasteiger charge is -2.28. The molecule has 0 aliphatic heterocycles. The molecule has 1 atom stereocenters. The lowest BCUT2D eigenvalue weighted by Crippen LogP contribution is -2.30. The Morgan fingerprint density at radius 3 is 2.16 bits per heavy atom. The number of unbranched alkanes of at least 4 members (excludes halogenated alkanes) is 1. The number of hydrogen-bond acceptors (Lipinski definition) is 6. The van der Waals surface area contributed by atoms with E-state index < -0.39 is 0 Å². The molecule has 0 heterocycles. The smallest absolute Gasteiger partial charge is 0.337 e. The van der Waals surface area contributed by atoms with Crippen molar-refractivity contribution in [3.63, 3.8) is 0 Å². The summed E-state index contributed by atoms with van der Waals surface area (Å²) < 4.78 is 16.3. The van der Waals surface area contributed by atoms with E-state index in [0.717, 1.165) is 42.9 Å². The number of carbonyl (C=O) groups excluding carboxylic acids is 2. The highest BCUT2D eigenvalue weighted by Crippen LogP contribution is 2.29. The lowest BCUT2D eigenvalue weighted by molar-refractivity contribution is -0.140. The molecule has 3 aromatic rings. The fraction of sp³-hybridized carbons (Fsp3) is 0.459. The van der Waals surface area contributed by atoms with Gasteiger partial charge in [-0.3, -0.25) is 9.69 Å². The molecule has 1 aliphatic rings. The van der Waals surface area contributed by atoms with Crippen LogP contribution in [-0.2, 0) is 38.6 Å². The van der Waals surface area contributed by atoms with Gasteiger partial charge in [-0.1, -0.05) is 92.4 Å². The van der Waals surface area contributed by atoms with Crippen LogP contribution in [0.15, 0.2) is 78.9 Å². The van der Waals surface area contributed by atoms with Gasteiger partial charge in [-0.15, -0.1) is 0 Å². The van der Waals surface area contributed by atoms with Crippen molar-refractivity contribution >= 4 is 11.9 Å². The molecule has 1 aliphatic carbocycles. The van der Waals surface area contributed by atoms with E-state index in [2.05, 4.69) is 53.4 Å². The number of esters is 2. The Morgan fingerprint density at radius 1 is 0.814 bits per heavy atom. The summed E-state index contributed by atoms with van der Waals surface area (Å²) in [6.07, 6.45) is 9.95. The summed E-state index contributed by atoms with van der Waals surface area (Å²) in [5.41, 5.74) is 5.35. The second-order valence-electron chi connectivity index (χ2n) is 11.7. The van der Waals surface area contributed by atoms with E-state index in [1.54, 1.807) is 12.1 Å². The molecule has 0 bridgehead atoms. The van der Waals surface area contributed by atoms with Gasteiger partial charge in [0.05, 0.1) is 32.5 Å². The van der Waals surface area contributed by atoms with Gasteiger partial charge in [0.15, 0.2) is 0 Å². The molecule has 0 spiro atoms. The molecule has 43 heavy (non-hydrogen) atoms. The third-order valence-electron chi connectivity index (χ3n) is 8.50. The van der Waals surface area contributed by atoms with Crippen LogP contribution in [0.4, 0.5) is 0 Å². The van der Waals surface area contributed by atoms with Gasteiger partial charge < -0.3 is 14.2 Å². The van der Waals surface area contributed by atoms with Crippen molar-refractivity contribution in [3.05, 3.63) is 107 Å². The number of nitrogens with zero attached hydrogens (tertiary/aromatic N) is 1. The van der Waals surface area contributed by atoms with Crippen molar-refractivity contribution in [2.75, 3.05) is 27.3 Å². The first-order valence-corrected chi connectivity index (χ1v) is 15.7. The Balaban J connectivity index is 1.41. The molecule has 1 saturated carbocycles. The lowest BCUT2D eigenvalue weighted by atomic mass is 9.98. The van der Waals surface area contributed by atoms with Crippen LogP contribution >= 0.6 is 0 Å². The van der Waals surface area contributed by atoms with Gasteiger partial charge in [0.1, 0.15) is 0 Å². The first kappa shape index (κ1) is 32.4. The number of hydrogen-bond donors (Lipinski definition) is 0. The van der Waals surface area contributed by atoms with Gasteiger partial charge in [-0.05, 0) is 72.5 Å². The minimum atomic E-state index is -0.342. The summed E-state index contributed by atoms with van der Waals surface area (Å²) in [7, 11) is 2.82. The van der Waals surface area contributed by atoms with Crippen LogP contribution in [0.2, 0.25) is 0 Å². The SMILES string of the molecule is COC(=O)CCCCN(Cc1ccc(C(=O)OC)cc1)CC(OCc1ccc(CCC2CCCC2)cc1)c1ccccc1. The predicted octanol–water partition coefficient (Wildman–Crippen LogP) is 7.70. The molecule has 1 unspecified atom stereocenters. The van der Waals surface area contributed by atoms with Gasteiger partial charge in [-0.25, -0.2) is 4.79 Å². The normalized spacial score (nSPS) is 14.1. The molecule has 0 aromatic heterocycles. The topological polar surface area (TPSA) is 65.1 Å². The molecule has 3 aromatic carbocycles. The molecule has 1 fully saturated rings. The van der Waals surface area contributed by atoms with E-state index in [1.807, 2.05) is 18.2 Å². The summed E-state index contributed by atoms with van der Waals surface area (Å²) in [4.78, 5) is 25.9. The molecule has 0 radical (unpaired) electrons. The minimum Gasteiger partial charge on any atom is -0.469 e. The minimum absolute atomic E-state index is 0.127. The highest BCUT2D eigenvalue weighted by Gasteiger charge is 2.19. The third kappa shape index (κ3) is 10.9. The van der Waals surface area contributed by atoms with E-state index in [-0.39, 0.29) is 18.0 Å². The van der Waals surface area contributed by atoms with E-state index in [1.165, 1.54) is 57.5 Å². The van der Waals surface area contributed by atoms with E-state index in [9.17, 15) is 9.59 Å². The molecule has 0 amide bonds. The van der Waals surface area contributed by atoms with Gasteiger partial charge in [-0.2, -0.15) is 0 Å². The maximum Gasteiger partial charge on any atom is 0.337 e. The van der Waals surface area contributed by atoms with Crippen molar-refractivity contribution < 1.29 is 23.8 Å². The second-order valence-corrected chi connectivity index (χ2v) is 11.7. The largest absolute Gasteiger partial charge is 0.469 e. The van der Waals surface area contributed by atoms with Gasteiger partial charge in [0.25, 0.3) is 0 Å². The third-order valence-corrected chi connectivity index (χ3v) is 8.50. The summed E-state index contributed by atoms with van der Waals surface area (Å²) >= 11 is 0. The molecule has 6 heteroatoms. The van der Waals surface area contributed by atoms with Crippen LogP contribution in [0, 0.1) is 5.92 Å². The maximum absolute atomic E-state index is 11.9. The Morgan fingerprint density at radius 2 is 1.49 bits per heavy atom. The fourth-order valence-corrected chi connectivity index (χ4v) is 5.89. The molecular weight excluding hydrogens is 538 g/mol. The van der Waals surface area contributed by atoms with Crippen molar-refractivity contribution in [2.24, 2.45) is 5.92 Å². The van der Waals surface area contributed by atoms with Crippen molar-refractivity contribution in [1.82, 2.24) is 4.90 Å². The van der Waals surface area contributed by atoms with E-state index >= 15 is 0 Å². The summed E-state index contributed by atoms with van der Waals surface area (Å²) in [5.74, 6) is 0.384.